The van der Waals surface area contributed by atoms with Crippen molar-refractivity contribution in [2.75, 3.05) is 39.3 Å². The van der Waals surface area contributed by atoms with Gasteiger partial charge >= 0.3 is 5.97 Å². The fourth-order valence-electron chi connectivity index (χ4n) is 5.27. The van der Waals surface area contributed by atoms with Crippen molar-refractivity contribution in [3.8, 4) is 0 Å². The van der Waals surface area contributed by atoms with Crippen LogP contribution in [0, 0.1) is 5.92 Å². The van der Waals surface area contributed by atoms with Gasteiger partial charge in [-0.05, 0) is 69.3 Å². The van der Waals surface area contributed by atoms with Gasteiger partial charge in [-0.25, -0.2) is 13.2 Å². The highest BCUT2D eigenvalue weighted by Gasteiger charge is 2.41. The summed E-state index contributed by atoms with van der Waals surface area (Å²) in [5.74, 6) is -1.59. The molecule has 0 spiro atoms. The summed E-state index contributed by atoms with van der Waals surface area (Å²) in [6.45, 7) is 8.66. The Balaban J connectivity index is 1.57. The van der Waals surface area contributed by atoms with Gasteiger partial charge in [-0.2, -0.15) is 4.31 Å². The van der Waals surface area contributed by atoms with E-state index in [1.54, 1.807) is 4.90 Å². The molecule has 2 amide bonds. The van der Waals surface area contributed by atoms with E-state index in [2.05, 4.69) is 24.1 Å². The highest BCUT2D eigenvalue weighted by atomic mass is 35.5. The van der Waals surface area contributed by atoms with Crippen LogP contribution in [0.1, 0.15) is 52.4 Å². The van der Waals surface area contributed by atoms with Crippen LogP contribution < -0.4 is 5.32 Å². The zero-order chi connectivity index (χ0) is 28.7. The Morgan fingerprint density at radius 1 is 1.05 bits per heavy atom. The minimum atomic E-state index is -4.10. The topological polar surface area (TPSA) is 127 Å². The van der Waals surface area contributed by atoms with Gasteiger partial charge in [0.1, 0.15) is 12.1 Å². The SMILES string of the molecule is CCN(CC)CC1CCN(C(=O)CC[C@H](NC(=O)[C@@H]2CCCN2S(=O)(=O)c2cc(Cl)cc(Cl)c2)C(=O)O)CC1. The van der Waals surface area contributed by atoms with Crippen molar-refractivity contribution in [2.45, 2.75) is 69.4 Å². The van der Waals surface area contributed by atoms with Crippen LogP contribution in [0.5, 0.6) is 0 Å². The number of benzene rings is 1. The molecule has 218 valence electrons. The molecule has 2 atom stereocenters. The molecular formula is C26H38Cl2N4O6S. The van der Waals surface area contributed by atoms with Gasteiger partial charge in [0, 0.05) is 42.6 Å². The second-order valence-electron chi connectivity index (χ2n) is 10.1. The molecule has 0 radical (unpaired) electrons. The smallest absolute Gasteiger partial charge is 0.326 e. The lowest BCUT2D eigenvalue weighted by atomic mass is 9.95. The molecule has 2 fully saturated rings. The van der Waals surface area contributed by atoms with Crippen LogP contribution in [0.3, 0.4) is 0 Å². The zero-order valence-corrected chi connectivity index (χ0v) is 24.8. The first kappa shape index (κ1) is 31.6. The number of nitrogens with zero attached hydrogens (tertiary/aromatic N) is 3. The summed E-state index contributed by atoms with van der Waals surface area (Å²) in [5.41, 5.74) is 0. The van der Waals surface area contributed by atoms with E-state index < -0.39 is 34.0 Å². The van der Waals surface area contributed by atoms with Gasteiger partial charge < -0.3 is 20.2 Å². The third kappa shape index (κ3) is 8.29. The van der Waals surface area contributed by atoms with E-state index in [4.69, 9.17) is 23.2 Å². The number of rotatable bonds is 12. The minimum absolute atomic E-state index is 0.0222. The lowest BCUT2D eigenvalue weighted by Crippen LogP contribution is -2.51. The summed E-state index contributed by atoms with van der Waals surface area (Å²) in [5, 5.41) is 12.5. The molecule has 1 aromatic rings. The number of carbonyl (C=O) groups is 3. The quantitative estimate of drug-likeness (QED) is 0.375. The maximum absolute atomic E-state index is 13.2. The van der Waals surface area contributed by atoms with Crippen molar-refractivity contribution in [1.82, 2.24) is 19.4 Å². The number of carbonyl (C=O) groups excluding carboxylic acids is 2. The number of nitrogens with one attached hydrogen (secondary N) is 1. The van der Waals surface area contributed by atoms with E-state index in [9.17, 15) is 27.9 Å². The standard InChI is InChI=1S/C26H38Cl2N4O6S/c1-3-30(4-2)17-18-9-12-31(13-10-18)24(33)8-7-22(26(35)36)29-25(34)23-6-5-11-32(23)39(37,38)21-15-19(27)14-20(28)16-21/h14-16,18,22-23H,3-13,17H2,1-2H3,(H,29,34)(H,35,36)/t22-,23-/m0/s1. The molecule has 0 aromatic heterocycles. The largest absolute Gasteiger partial charge is 0.480 e. The summed E-state index contributed by atoms with van der Waals surface area (Å²) >= 11 is 12.0. The summed E-state index contributed by atoms with van der Waals surface area (Å²) in [4.78, 5) is 41.8. The molecule has 2 saturated heterocycles. The van der Waals surface area contributed by atoms with Crippen molar-refractivity contribution < 1.29 is 27.9 Å². The van der Waals surface area contributed by atoms with Gasteiger partial charge in [0.05, 0.1) is 4.90 Å². The molecule has 0 unspecified atom stereocenters. The Labute approximate surface area is 240 Å². The maximum Gasteiger partial charge on any atom is 0.326 e. The first-order valence-corrected chi connectivity index (χ1v) is 15.7. The average molecular weight is 606 g/mol. The summed E-state index contributed by atoms with van der Waals surface area (Å²) in [7, 11) is -4.10. The molecule has 0 saturated carbocycles. The Morgan fingerprint density at radius 2 is 1.67 bits per heavy atom. The molecule has 13 heteroatoms. The number of halogens is 2. The maximum atomic E-state index is 13.2. The van der Waals surface area contributed by atoms with Crippen molar-refractivity contribution in [2.24, 2.45) is 5.92 Å². The lowest BCUT2D eigenvalue weighted by Gasteiger charge is -2.34. The third-order valence-corrected chi connectivity index (χ3v) is 9.91. The van der Waals surface area contributed by atoms with E-state index in [-0.39, 0.29) is 46.7 Å². The van der Waals surface area contributed by atoms with Crippen molar-refractivity contribution in [3.63, 3.8) is 0 Å². The molecule has 39 heavy (non-hydrogen) atoms. The number of likely N-dealkylation sites (tertiary alicyclic amines) is 1. The second-order valence-corrected chi connectivity index (χ2v) is 12.9. The number of carboxylic acid groups (broad SMARTS) is 1. The molecule has 2 aliphatic heterocycles. The molecule has 2 aliphatic rings. The Morgan fingerprint density at radius 3 is 2.23 bits per heavy atom. The Kier molecular flexibility index (Phi) is 11.4. The van der Waals surface area contributed by atoms with Crippen LogP contribution in [0.4, 0.5) is 0 Å². The van der Waals surface area contributed by atoms with Crippen LogP contribution in [-0.2, 0) is 24.4 Å². The first-order valence-electron chi connectivity index (χ1n) is 13.5. The van der Waals surface area contributed by atoms with E-state index in [0.29, 0.717) is 25.4 Å². The number of aliphatic carboxylic acids is 1. The van der Waals surface area contributed by atoms with Gasteiger partial charge in [0.15, 0.2) is 0 Å². The van der Waals surface area contributed by atoms with Crippen LogP contribution in [0.2, 0.25) is 10.0 Å². The van der Waals surface area contributed by atoms with Crippen LogP contribution in [0.25, 0.3) is 0 Å². The van der Waals surface area contributed by atoms with Crippen LogP contribution in [-0.4, -0.2) is 96.8 Å². The molecule has 1 aromatic carbocycles. The van der Waals surface area contributed by atoms with E-state index in [0.717, 1.165) is 36.8 Å². The number of carboxylic acids is 1. The Bertz CT molecular complexity index is 1120. The average Bonchev–Trinajstić information content (AvgIpc) is 3.40. The first-order chi connectivity index (χ1) is 18.5. The number of hydrogen-bond donors (Lipinski definition) is 2. The predicted molar refractivity (Wildman–Crippen MR) is 149 cm³/mol. The van der Waals surface area contributed by atoms with Crippen molar-refractivity contribution in [1.29, 1.82) is 0 Å². The fourth-order valence-corrected chi connectivity index (χ4v) is 7.65. The fraction of sp³-hybridized carbons (Fsp3) is 0.654. The van der Waals surface area contributed by atoms with E-state index in [1.165, 1.54) is 18.2 Å². The van der Waals surface area contributed by atoms with E-state index >= 15 is 0 Å². The van der Waals surface area contributed by atoms with Crippen LogP contribution in [0.15, 0.2) is 23.1 Å². The molecular weight excluding hydrogens is 567 g/mol. The molecule has 2 heterocycles. The third-order valence-electron chi connectivity index (χ3n) is 7.59. The number of sulfonamides is 1. The molecule has 10 nitrogen and oxygen atoms in total. The van der Waals surface area contributed by atoms with Crippen molar-refractivity contribution in [3.05, 3.63) is 28.2 Å². The summed E-state index contributed by atoms with van der Waals surface area (Å²) in [6, 6.07) is 1.54. The van der Waals surface area contributed by atoms with Gasteiger partial charge in [-0.3, -0.25) is 9.59 Å². The molecule has 2 N–H and O–H groups in total. The van der Waals surface area contributed by atoms with Crippen molar-refractivity contribution >= 4 is 51.0 Å². The Hall–Kier alpha value is -1.92. The normalized spacial score (nSPS) is 19.8. The van der Waals surface area contributed by atoms with E-state index in [1.807, 2.05) is 0 Å². The van der Waals surface area contributed by atoms with Gasteiger partial charge in [0.25, 0.3) is 0 Å². The number of amides is 2. The highest BCUT2D eigenvalue weighted by molar-refractivity contribution is 7.89. The molecule has 0 bridgehead atoms. The lowest BCUT2D eigenvalue weighted by molar-refractivity contribution is -0.143. The minimum Gasteiger partial charge on any atom is -0.480 e. The monoisotopic (exact) mass is 604 g/mol. The molecule has 3 rings (SSSR count). The zero-order valence-electron chi connectivity index (χ0n) is 22.4. The number of piperidine rings is 1. The number of hydrogen-bond acceptors (Lipinski definition) is 6. The predicted octanol–water partition coefficient (Wildman–Crippen LogP) is 3.08. The highest BCUT2D eigenvalue weighted by Crippen LogP contribution is 2.30. The second kappa shape index (κ2) is 14.1. The van der Waals surface area contributed by atoms with Gasteiger partial charge in [0.2, 0.25) is 21.8 Å². The summed E-state index contributed by atoms with van der Waals surface area (Å²) in [6.07, 6.45) is 2.39. The van der Waals surface area contributed by atoms with Gasteiger partial charge in [-0.1, -0.05) is 37.0 Å². The van der Waals surface area contributed by atoms with Gasteiger partial charge in [-0.15, -0.1) is 0 Å². The summed E-state index contributed by atoms with van der Waals surface area (Å²) < 4.78 is 27.5. The van der Waals surface area contributed by atoms with Crippen LogP contribution >= 0.6 is 23.2 Å². The molecule has 0 aliphatic carbocycles.